The van der Waals surface area contributed by atoms with E-state index in [9.17, 15) is 0 Å². The third kappa shape index (κ3) is 5.56. The first-order chi connectivity index (χ1) is 10.7. The van der Waals surface area contributed by atoms with Crippen LogP contribution in [0.3, 0.4) is 0 Å². The zero-order valence-electron chi connectivity index (χ0n) is 14.4. The van der Waals surface area contributed by atoms with E-state index in [0.717, 1.165) is 5.56 Å². The monoisotopic (exact) mass is 301 g/mol. The van der Waals surface area contributed by atoms with E-state index in [1.165, 1.54) is 0 Å². The summed E-state index contributed by atoms with van der Waals surface area (Å²) in [5.41, 5.74) is 7.27. The van der Waals surface area contributed by atoms with Gasteiger partial charge in [0.25, 0.3) is 0 Å². The minimum atomic E-state index is 0.524. The summed E-state index contributed by atoms with van der Waals surface area (Å²) < 4.78 is 5.68. The highest BCUT2D eigenvalue weighted by atomic mass is 16.4. The number of benzene rings is 1. The van der Waals surface area contributed by atoms with Gasteiger partial charge < -0.3 is 10.2 Å². The van der Waals surface area contributed by atoms with Crippen LogP contribution in [0.4, 0.5) is 11.5 Å². The van der Waals surface area contributed by atoms with Gasteiger partial charge in [0, 0.05) is 17.5 Å². The molecule has 2 aromatic rings. The predicted octanol–water partition coefficient (Wildman–Crippen LogP) is 5.73. The van der Waals surface area contributed by atoms with Gasteiger partial charge in [-0.05, 0) is 38.1 Å². The van der Waals surface area contributed by atoms with Crippen molar-refractivity contribution in [2.24, 2.45) is 4.99 Å². The number of hydrogen-bond donors (Lipinski definition) is 1. The van der Waals surface area contributed by atoms with E-state index in [0.29, 0.717) is 23.2 Å². The Labute approximate surface area is 133 Å². The normalized spacial score (nSPS) is 10.1. The van der Waals surface area contributed by atoms with E-state index in [1.54, 1.807) is 6.21 Å². The molecule has 0 aliphatic rings. The van der Waals surface area contributed by atoms with Crippen LogP contribution < -0.4 is 5.73 Å². The molecule has 0 fully saturated rings. The number of oxazole rings is 1. The molecule has 0 saturated carbocycles. The van der Waals surface area contributed by atoms with E-state index in [2.05, 4.69) is 9.98 Å². The van der Waals surface area contributed by atoms with E-state index in [1.807, 2.05) is 78.0 Å². The molecular weight excluding hydrogens is 274 g/mol. The third-order valence-corrected chi connectivity index (χ3v) is 2.34. The standard InChI is InChI=1S/C14H15N3O.2C2H6/c1-3-6-12-13(16-4-2)17-14(18-12)10-7-5-8-11(15)9-10;2*1-2/h3-9H,15H2,1-2H3;2*1-2H3/b6-3-,16-4-;;. The average Bonchev–Trinajstić information content (AvgIpc) is 2.95. The number of rotatable bonds is 3. The van der Waals surface area contributed by atoms with Gasteiger partial charge in [-0.1, -0.05) is 39.8 Å². The lowest BCUT2D eigenvalue weighted by atomic mass is 10.2. The Bertz CT molecular complexity index is 569. The second-order valence-corrected chi connectivity index (χ2v) is 3.72. The Morgan fingerprint density at radius 1 is 1.14 bits per heavy atom. The number of nitrogen functional groups attached to an aromatic ring is 1. The molecular formula is C18H27N3O. The molecule has 0 atom stereocenters. The molecule has 4 heteroatoms. The molecule has 2 rings (SSSR count). The highest BCUT2D eigenvalue weighted by Crippen LogP contribution is 2.28. The van der Waals surface area contributed by atoms with Gasteiger partial charge in [-0.25, -0.2) is 4.99 Å². The van der Waals surface area contributed by atoms with Crippen molar-refractivity contribution in [2.45, 2.75) is 41.5 Å². The lowest BCUT2D eigenvalue weighted by Gasteiger charge is -1.96. The molecule has 0 saturated heterocycles. The molecule has 0 amide bonds. The summed E-state index contributed by atoms with van der Waals surface area (Å²) in [6, 6.07) is 7.42. The molecule has 0 aliphatic carbocycles. The maximum Gasteiger partial charge on any atom is 0.228 e. The Morgan fingerprint density at radius 3 is 2.36 bits per heavy atom. The fourth-order valence-corrected chi connectivity index (χ4v) is 1.59. The first kappa shape index (κ1) is 19.6. The molecule has 1 aromatic heterocycles. The maximum atomic E-state index is 5.75. The van der Waals surface area contributed by atoms with Crippen molar-refractivity contribution < 1.29 is 4.42 Å². The van der Waals surface area contributed by atoms with Crippen molar-refractivity contribution in [1.29, 1.82) is 0 Å². The number of allylic oxidation sites excluding steroid dienone is 1. The number of aromatic nitrogens is 1. The Morgan fingerprint density at radius 2 is 1.82 bits per heavy atom. The van der Waals surface area contributed by atoms with Crippen molar-refractivity contribution in [2.75, 3.05) is 5.73 Å². The Kier molecular flexibility index (Phi) is 10.1. The minimum Gasteiger partial charge on any atom is -0.434 e. The fourth-order valence-electron chi connectivity index (χ4n) is 1.59. The van der Waals surface area contributed by atoms with Crippen molar-refractivity contribution in [3.8, 4) is 11.5 Å². The number of aliphatic imine (C=N–C) groups is 1. The van der Waals surface area contributed by atoms with Crippen LogP contribution in [0.1, 0.15) is 47.3 Å². The molecule has 0 radical (unpaired) electrons. The summed E-state index contributed by atoms with van der Waals surface area (Å²) in [5.74, 6) is 1.75. The van der Waals surface area contributed by atoms with Crippen molar-refractivity contribution in [3.63, 3.8) is 0 Å². The first-order valence-electron chi connectivity index (χ1n) is 7.72. The summed E-state index contributed by atoms with van der Waals surface area (Å²) in [6.45, 7) is 11.8. The molecule has 1 heterocycles. The Hall–Kier alpha value is -2.36. The third-order valence-electron chi connectivity index (χ3n) is 2.34. The van der Waals surface area contributed by atoms with E-state index >= 15 is 0 Å². The molecule has 22 heavy (non-hydrogen) atoms. The summed E-state index contributed by atoms with van der Waals surface area (Å²) in [4.78, 5) is 8.54. The maximum absolute atomic E-state index is 5.75. The lowest BCUT2D eigenvalue weighted by Crippen LogP contribution is -1.84. The van der Waals surface area contributed by atoms with Crippen molar-refractivity contribution in [1.82, 2.24) is 4.98 Å². The lowest BCUT2D eigenvalue weighted by molar-refractivity contribution is 0.565. The zero-order valence-corrected chi connectivity index (χ0v) is 14.4. The van der Waals surface area contributed by atoms with E-state index < -0.39 is 0 Å². The van der Waals surface area contributed by atoms with Crippen LogP contribution in [0, 0.1) is 0 Å². The van der Waals surface area contributed by atoms with Crippen LogP contribution in [0.25, 0.3) is 17.5 Å². The second kappa shape index (κ2) is 11.3. The Balaban J connectivity index is 0.00000102. The van der Waals surface area contributed by atoms with Gasteiger partial charge in [0.2, 0.25) is 5.89 Å². The average molecular weight is 301 g/mol. The summed E-state index contributed by atoms with van der Waals surface area (Å²) in [7, 11) is 0. The SMILES string of the molecule is C/C=C\c1oc(-c2cccc(N)c2)nc1/N=C\C.CC.CC. The predicted molar refractivity (Wildman–Crippen MR) is 97.6 cm³/mol. The zero-order chi connectivity index (χ0) is 17.0. The van der Waals surface area contributed by atoms with Gasteiger partial charge in [-0.3, -0.25) is 0 Å². The molecule has 0 spiro atoms. The van der Waals surface area contributed by atoms with Crippen molar-refractivity contribution in [3.05, 3.63) is 36.1 Å². The van der Waals surface area contributed by atoms with Crippen LogP contribution in [-0.2, 0) is 0 Å². The largest absolute Gasteiger partial charge is 0.434 e. The summed E-state index contributed by atoms with van der Waals surface area (Å²) in [5, 5.41) is 0. The van der Waals surface area contributed by atoms with Gasteiger partial charge in [0.15, 0.2) is 11.6 Å². The summed E-state index contributed by atoms with van der Waals surface area (Å²) in [6.07, 6.45) is 5.41. The highest BCUT2D eigenvalue weighted by Gasteiger charge is 2.11. The van der Waals surface area contributed by atoms with Crippen LogP contribution in [-0.4, -0.2) is 11.2 Å². The fraction of sp³-hybridized carbons (Fsp3) is 0.333. The summed E-state index contributed by atoms with van der Waals surface area (Å²) >= 11 is 0. The molecule has 4 nitrogen and oxygen atoms in total. The molecule has 2 N–H and O–H groups in total. The molecule has 0 aliphatic heterocycles. The molecule has 0 unspecified atom stereocenters. The number of anilines is 1. The van der Waals surface area contributed by atoms with E-state index in [4.69, 9.17) is 10.2 Å². The molecule has 1 aromatic carbocycles. The van der Waals surface area contributed by atoms with Gasteiger partial charge in [0.1, 0.15) is 0 Å². The second-order valence-electron chi connectivity index (χ2n) is 3.72. The quantitative estimate of drug-likeness (QED) is 0.581. The van der Waals surface area contributed by atoms with Gasteiger partial charge in [-0.15, -0.1) is 0 Å². The van der Waals surface area contributed by atoms with Crippen LogP contribution >= 0.6 is 0 Å². The van der Waals surface area contributed by atoms with Crippen LogP contribution in [0.15, 0.2) is 39.8 Å². The molecule has 120 valence electrons. The van der Waals surface area contributed by atoms with Crippen LogP contribution in [0.2, 0.25) is 0 Å². The smallest absolute Gasteiger partial charge is 0.228 e. The van der Waals surface area contributed by atoms with E-state index in [-0.39, 0.29) is 0 Å². The molecule has 0 bridgehead atoms. The van der Waals surface area contributed by atoms with Crippen molar-refractivity contribution >= 4 is 23.8 Å². The van der Waals surface area contributed by atoms with Gasteiger partial charge >= 0.3 is 0 Å². The highest BCUT2D eigenvalue weighted by molar-refractivity contribution is 5.68. The van der Waals surface area contributed by atoms with Gasteiger partial charge in [-0.2, -0.15) is 4.98 Å². The number of nitrogens with two attached hydrogens (primary N) is 1. The first-order valence-corrected chi connectivity index (χ1v) is 7.72. The van der Waals surface area contributed by atoms with Crippen LogP contribution in [0.5, 0.6) is 0 Å². The van der Waals surface area contributed by atoms with Gasteiger partial charge in [0.05, 0.1) is 0 Å². The number of hydrogen-bond acceptors (Lipinski definition) is 4. The minimum absolute atomic E-state index is 0.524. The number of nitrogens with zero attached hydrogens (tertiary/aromatic N) is 2. The topological polar surface area (TPSA) is 64.4 Å².